The maximum atomic E-state index is 13.4. The molecule has 2 N–H and O–H groups in total. The molecule has 0 aromatic heterocycles. The Balaban J connectivity index is 2.50. The van der Waals surface area contributed by atoms with Crippen LogP contribution in [0.2, 0.25) is 0 Å². The Hall–Kier alpha value is -0.700. The minimum absolute atomic E-state index is 0.188. The number of nitrogen functional groups attached to an aromatic ring is 1. The van der Waals surface area contributed by atoms with Gasteiger partial charge in [-0.15, -0.1) is 0 Å². The second-order valence-electron chi connectivity index (χ2n) is 3.84. The Labute approximate surface area is 95.2 Å². The quantitative estimate of drug-likeness (QED) is 0.776. The van der Waals surface area contributed by atoms with E-state index in [1.807, 2.05) is 0 Å². The van der Waals surface area contributed by atoms with E-state index in [1.165, 1.54) is 12.5 Å². The molecule has 0 fully saturated rings. The number of rotatable bonds is 5. The number of hydrogen-bond acceptors (Lipinski definition) is 2. The van der Waals surface area contributed by atoms with Crippen molar-refractivity contribution in [2.75, 3.05) is 11.5 Å². The molecule has 0 saturated heterocycles. The molecule has 84 valence electrons. The molecular formula is C12H18FNS. The molecule has 1 aromatic rings. The van der Waals surface area contributed by atoms with Gasteiger partial charge in [0.15, 0.2) is 0 Å². The molecule has 0 radical (unpaired) electrons. The van der Waals surface area contributed by atoms with Crippen molar-refractivity contribution < 1.29 is 4.39 Å². The molecule has 1 nitrogen and oxygen atoms in total. The fourth-order valence-corrected chi connectivity index (χ4v) is 2.47. The van der Waals surface area contributed by atoms with Crippen LogP contribution in [-0.2, 0) is 5.75 Å². The van der Waals surface area contributed by atoms with Gasteiger partial charge in [-0.25, -0.2) is 4.39 Å². The van der Waals surface area contributed by atoms with Gasteiger partial charge in [0, 0.05) is 17.0 Å². The van der Waals surface area contributed by atoms with Crippen molar-refractivity contribution in [2.24, 2.45) is 5.92 Å². The predicted molar refractivity (Wildman–Crippen MR) is 66.4 cm³/mol. The molecule has 0 amide bonds. The van der Waals surface area contributed by atoms with E-state index >= 15 is 0 Å². The van der Waals surface area contributed by atoms with E-state index in [1.54, 1.807) is 23.9 Å². The molecule has 1 rings (SSSR count). The summed E-state index contributed by atoms with van der Waals surface area (Å²) in [5.74, 6) is 2.22. The molecule has 0 heterocycles. The Bertz CT molecular complexity index is 294. The SMILES string of the molecule is CCC(C)CSCc1c(N)cccc1F. The zero-order valence-corrected chi connectivity index (χ0v) is 10.1. The van der Waals surface area contributed by atoms with Crippen LogP contribution in [0.4, 0.5) is 10.1 Å². The van der Waals surface area contributed by atoms with Gasteiger partial charge in [-0.05, 0) is 23.8 Å². The van der Waals surface area contributed by atoms with Crippen molar-refractivity contribution >= 4 is 17.4 Å². The van der Waals surface area contributed by atoms with E-state index in [2.05, 4.69) is 13.8 Å². The van der Waals surface area contributed by atoms with Gasteiger partial charge in [-0.2, -0.15) is 11.8 Å². The largest absolute Gasteiger partial charge is 0.398 e. The predicted octanol–water partition coefficient (Wildman–Crippen LogP) is 3.69. The zero-order chi connectivity index (χ0) is 11.3. The van der Waals surface area contributed by atoms with E-state index in [9.17, 15) is 4.39 Å². The minimum Gasteiger partial charge on any atom is -0.398 e. The topological polar surface area (TPSA) is 26.0 Å². The van der Waals surface area contributed by atoms with Crippen molar-refractivity contribution in [3.05, 3.63) is 29.6 Å². The maximum absolute atomic E-state index is 13.4. The Morgan fingerprint density at radius 2 is 2.20 bits per heavy atom. The van der Waals surface area contributed by atoms with Crippen molar-refractivity contribution in [3.63, 3.8) is 0 Å². The lowest BCUT2D eigenvalue weighted by Crippen LogP contribution is -1.99. The monoisotopic (exact) mass is 227 g/mol. The summed E-state index contributed by atoms with van der Waals surface area (Å²) in [6.07, 6.45) is 1.17. The van der Waals surface area contributed by atoms with Crippen molar-refractivity contribution in [1.29, 1.82) is 0 Å². The summed E-state index contributed by atoms with van der Waals surface area (Å²) in [5, 5.41) is 0. The van der Waals surface area contributed by atoms with Crippen LogP contribution in [0.25, 0.3) is 0 Å². The van der Waals surface area contributed by atoms with Crippen LogP contribution in [0.3, 0.4) is 0 Å². The second kappa shape index (κ2) is 6.01. The van der Waals surface area contributed by atoms with Crippen molar-refractivity contribution in [3.8, 4) is 0 Å². The van der Waals surface area contributed by atoms with Gasteiger partial charge in [0.2, 0.25) is 0 Å². The fourth-order valence-electron chi connectivity index (χ4n) is 1.21. The van der Waals surface area contributed by atoms with E-state index < -0.39 is 0 Å². The summed E-state index contributed by atoms with van der Waals surface area (Å²) in [7, 11) is 0. The first-order chi connectivity index (χ1) is 7.15. The number of hydrogen-bond donors (Lipinski definition) is 1. The summed E-state index contributed by atoms with van der Waals surface area (Å²) in [6, 6.07) is 4.87. The van der Waals surface area contributed by atoms with Crippen molar-refractivity contribution in [1.82, 2.24) is 0 Å². The average molecular weight is 227 g/mol. The average Bonchev–Trinajstić information content (AvgIpc) is 2.22. The summed E-state index contributed by atoms with van der Waals surface area (Å²) in [4.78, 5) is 0. The number of anilines is 1. The number of nitrogens with two attached hydrogens (primary N) is 1. The summed E-state index contributed by atoms with van der Waals surface area (Å²) >= 11 is 1.75. The second-order valence-corrected chi connectivity index (χ2v) is 4.87. The van der Waals surface area contributed by atoms with E-state index in [0.717, 1.165) is 5.75 Å². The molecule has 0 aliphatic rings. The molecular weight excluding hydrogens is 209 g/mol. The third-order valence-corrected chi connectivity index (χ3v) is 3.80. The molecule has 0 spiro atoms. The van der Waals surface area contributed by atoms with E-state index in [0.29, 0.717) is 22.9 Å². The lowest BCUT2D eigenvalue weighted by atomic mass is 10.2. The van der Waals surface area contributed by atoms with Gasteiger partial charge in [-0.1, -0.05) is 26.3 Å². The highest BCUT2D eigenvalue weighted by atomic mass is 32.2. The summed E-state index contributed by atoms with van der Waals surface area (Å²) in [5.41, 5.74) is 6.92. The van der Waals surface area contributed by atoms with E-state index in [-0.39, 0.29) is 5.82 Å². The molecule has 0 bridgehead atoms. The standard InChI is InChI=1S/C12H18FNS/c1-3-9(2)7-15-8-10-11(13)5-4-6-12(10)14/h4-6,9H,3,7-8,14H2,1-2H3. The van der Waals surface area contributed by atoms with Gasteiger partial charge in [0.05, 0.1) is 0 Å². The number of halogens is 1. The van der Waals surface area contributed by atoms with E-state index in [4.69, 9.17) is 5.73 Å². The first kappa shape index (κ1) is 12.4. The summed E-state index contributed by atoms with van der Waals surface area (Å²) in [6.45, 7) is 4.38. The number of benzene rings is 1. The lowest BCUT2D eigenvalue weighted by Gasteiger charge is -2.09. The Morgan fingerprint density at radius 1 is 1.47 bits per heavy atom. The molecule has 0 aliphatic heterocycles. The van der Waals surface area contributed by atoms with Gasteiger partial charge in [-0.3, -0.25) is 0 Å². The maximum Gasteiger partial charge on any atom is 0.129 e. The lowest BCUT2D eigenvalue weighted by molar-refractivity contribution is 0.617. The Kier molecular flexibility index (Phi) is 4.95. The zero-order valence-electron chi connectivity index (χ0n) is 9.29. The van der Waals surface area contributed by atoms with Gasteiger partial charge >= 0.3 is 0 Å². The normalized spacial score (nSPS) is 12.7. The first-order valence-corrected chi connectivity index (χ1v) is 6.41. The van der Waals surface area contributed by atoms with Gasteiger partial charge in [0.25, 0.3) is 0 Å². The van der Waals surface area contributed by atoms with Gasteiger partial charge < -0.3 is 5.73 Å². The van der Waals surface area contributed by atoms with Crippen LogP contribution in [0, 0.1) is 11.7 Å². The van der Waals surface area contributed by atoms with Crippen LogP contribution < -0.4 is 5.73 Å². The van der Waals surface area contributed by atoms with Crippen LogP contribution >= 0.6 is 11.8 Å². The van der Waals surface area contributed by atoms with Crippen LogP contribution in [0.5, 0.6) is 0 Å². The van der Waals surface area contributed by atoms with Crippen molar-refractivity contribution in [2.45, 2.75) is 26.0 Å². The highest BCUT2D eigenvalue weighted by Crippen LogP contribution is 2.23. The van der Waals surface area contributed by atoms with Crippen LogP contribution in [-0.4, -0.2) is 5.75 Å². The molecule has 1 unspecified atom stereocenters. The third kappa shape index (κ3) is 3.74. The Morgan fingerprint density at radius 3 is 2.80 bits per heavy atom. The van der Waals surface area contributed by atoms with Gasteiger partial charge in [0.1, 0.15) is 5.82 Å². The molecule has 15 heavy (non-hydrogen) atoms. The molecule has 1 aromatic carbocycles. The highest BCUT2D eigenvalue weighted by Gasteiger charge is 2.06. The van der Waals surface area contributed by atoms with Crippen LogP contribution in [0.1, 0.15) is 25.8 Å². The fraction of sp³-hybridized carbons (Fsp3) is 0.500. The van der Waals surface area contributed by atoms with Crippen LogP contribution in [0.15, 0.2) is 18.2 Å². The summed E-state index contributed by atoms with van der Waals surface area (Å²) < 4.78 is 13.4. The smallest absolute Gasteiger partial charge is 0.129 e. The molecule has 0 saturated carbocycles. The first-order valence-electron chi connectivity index (χ1n) is 5.25. The highest BCUT2D eigenvalue weighted by molar-refractivity contribution is 7.98. The third-order valence-electron chi connectivity index (χ3n) is 2.50. The molecule has 3 heteroatoms. The number of thioether (sulfide) groups is 1. The minimum atomic E-state index is -0.188. The molecule has 1 atom stereocenters. The molecule has 0 aliphatic carbocycles.